The molecule has 74 valence electrons. The first kappa shape index (κ1) is 10.1. The summed E-state index contributed by atoms with van der Waals surface area (Å²) in [6, 6.07) is 0. The molecule has 0 unspecified atom stereocenters. The zero-order valence-corrected chi connectivity index (χ0v) is 7.86. The monoisotopic (exact) mass is 185 g/mol. The fourth-order valence-corrected chi connectivity index (χ4v) is 1.10. The van der Waals surface area contributed by atoms with Crippen molar-refractivity contribution in [1.29, 1.82) is 0 Å². The van der Waals surface area contributed by atoms with Crippen LogP contribution >= 0.6 is 0 Å². The highest BCUT2D eigenvalue weighted by Gasteiger charge is 2.13. The van der Waals surface area contributed by atoms with E-state index in [0.717, 1.165) is 19.4 Å². The van der Waals surface area contributed by atoms with E-state index in [9.17, 15) is 4.79 Å². The highest BCUT2D eigenvalue weighted by Crippen LogP contribution is 2.06. The van der Waals surface area contributed by atoms with Crippen molar-refractivity contribution in [2.24, 2.45) is 0 Å². The van der Waals surface area contributed by atoms with Crippen molar-refractivity contribution in [3.63, 3.8) is 0 Å². The highest BCUT2D eigenvalue weighted by molar-refractivity contribution is 5.68. The van der Waals surface area contributed by atoms with Crippen LogP contribution in [0.1, 0.15) is 12.8 Å². The summed E-state index contributed by atoms with van der Waals surface area (Å²) in [5, 5.41) is 0. The number of ether oxygens (including phenoxy) is 2. The van der Waals surface area contributed by atoms with Crippen molar-refractivity contribution in [3.8, 4) is 0 Å². The zero-order valence-electron chi connectivity index (χ0n) is 7.86. The van der Waals surface area contributed by atoms with Gasteiger partial charge in [0.25, 0.3) is 0 Å². The molecule has 0 bridgehead atoms. The average Bonchev–Trinajstić information content (AvgIpc) is 2.19. The summed E-state index contributed by atoms with van der Waals surface area (Å²) in [6.07, 6.45) is 5.52. The Morgan fingerprint density at radius 1 is 1.54 bits per heavy atom. The number of nitrogens with zero attached hydrogens (tertiary/aromatic N) is 1. The summed E-state index contributed by atoms with van der Waals surface area (Å²) in [6.45, 7) is 1.52. The molecule has 0 aromatic rings. The fraction of sp³-hybridized carbons (Fsp3) is 0.667. The van der Waals surface area contributed by atoms with E-state index in [4.69, 9.17) is 9.47 Å². The van der Waals surface area contributed by atoms with Crippen LogP contribution in [0.15, 0.2) is 12.3 Å². The molecule has 0 saturated carbocycles. The van der Waals surface area contributed by atoms with Gasteiger partial charge in [-0.3, -0.25) is 4.90 Å². The van der Waals surface area contributed by atoms with E-state index in [1.54, 1.807) is 18.2 Å². The minimum atomic E-state index is -0.284. The largest absolute Gasteiger partial charge is 0.447 e. The van der Waals surface area contributed by atoms with E-state index in [1.807, 2.05) is 6.08 Å². The smallest absolute Gasteiger partial charge is 0.413 e. The topological polar surface area (TPSA) is 38.8 Å². The molecule has 1 aliphatic heterocycles. The molecule has 1 heterocycles. The van der Waals surface area contributed by atoms with Gasteiger partial charge in [-0.15, -0.1) is 0 Å². The molecule has 0 spiro atoms. The number of rotatable bonds is 3. The number of allylic oxidation sites excluding steroid dienone is 1. The first-order valence-electron chi connectivity index (χ1n) is 4.43. The molecule has 0 saturated heterocycles. The lowest BCUT2D eigenvalue weighted by Crippen LogP contribution is -2.29. The second-order valence-corrected chi connectivity index (χ2v) is 2.83. The molecule has 0 fully saturated rings. The van der Waals surface area contributed by atoms with Gasteiger partial charge in [-0.05, 0) is 12.8 Å². The molecule has 0 aliphatic carbocycles. The SMILES string of the molecule is COCCOC(=O)N1C=CCCC1. The molecule has 0 N–H and O–H groups in total. The molecule has 13 heavy (non-hydrogen) atoms. The number of methoxy groups -OCH3 is 1. The fourth-order valence-electron chi connectivity index (χ4n) is 1.10. The summed E-state index contributed by atoms with van der Waals surface area (Å²) < 4.78 is 9.70. The summed E-state index contributed by atoms with van der Waals surface area (Å²) in [4.78, 5) is 12.9. The molecule has 1 rings (SSSR count). The Balaban J connectivity index is 2.21. The van der Waals surface area contributed by atoms with E-state index in [1.165, 1.54) is 0 Å². The predicted molar refractivity (Wildman–Crippen MR) is 48.3 cm³/mol. The minimum Gasteiger partial charge on any atom is -0.447 e. The Labute approximate surface area is 78.1 Å². The van der Waals surface area contributed by atoms with Crippen LogP contribution < -0.4 is 0 Å². The maximum atomic E-state index is 11.3. The lowest BCUT2D eigenvalue weighted by molar-refractivity contribution is 0.0800. The second kappa shape index (κ2) is 5.59. The van der Waals surface area contributed by atoms with Crippen molar-refractivity contribution >= 4 is 6.09 Å². The molecule has 0 atom stereocenters. The van der Waals surface area contributed by atoms with Crippen molar-refractivity contribution in [3.05, 3.63) is 12.3 Å². The van der Waals surface area contributed by atoms with Gasteiger partial charge in [0.05, 0.1) is 6.61 Å². The molecule has 0 radical (unpaired) electrons. The van der Waals surface area contributed by atoms with Crippen LogP contribution in [0, 0.1) is 0 Å². The molecule has 1 amide bonds. The number of carbonyl (C=O) groups excluding carboxylic acids is 1. The molecular weight excluding hydrogens is 170 g/mol. The summed E-state index contributed by atoms with van der Waals surface area (Å²) in [5.41, 5.74) is 0. The Morgan fingerprint density at radius 2 is 2.38 bits per heavy atom. The third-order valence-corrected chi connectivity index (χ3v) is 1.80. The van der Waals surface area contributed by atoms with Gasteiger partial charge < -0.3 is 9.47 Å². The van der Waals surface area contributed by atoms with Crippen LogP contribution in [0.3, 0.4) is 0 Å². The van der Waals surface area contributed by atoms with Gasteiger partial charge in [-0.2, -0.15) is 0 Å². The normalized spacial score (nSPS) is 15.9. The number of hydrogen-bond acceptors (Lipinski definition) is 3. The maximum Gasteiger partial charge on any atom is 0.413 e. The molecule has 1 aliphatic rings. The van der Waals surface area contributed by atoms with Gasteiger partial charge in [-0.1, -0.05) is 6.08 Å². The van der Waals surface area contributed by atoms with Gasteiger partial charge in [0.15, 0.2) is 0 Å². The summed E-state index contributed by atoms with van der Waals surface area (Å²) in [5.74, 6) is 0. The zero-order chi connectivity index (χ0) is 9.52. The van der Waals surface area contributed by atoms with Crippen LogP contribution in [0.2, 0.25) is 0 Å². The van der Waals surface area contributed by atoms with Crippen molar-refractivity contribution in [1.82, 2.24) is 4.90 Å². The van der Waals surface area contributed by atoms with E-state index in [-0.39, 0.29) is 6.09 Å². The molecule has 4 nitrogen and oxygen atoms in total. The molecular formula is C9H15NO3. The van der Waals surface area contributed by atoms with Crippen molar-refractivity contribution in [2.45, 2.75) is 12.8 Å². The van der Waals surface area contributed by atoms with Crippen LogP contribution in [0.5, 0.6) is 0 Å². The quantitative estimate of drug-likeness (QED) is 0.623. The van der Waals surface area contributed by atoms with E-state index in [2.05, 4.69) is 0 Å². The Bertz CT molecular complexity index is 191. The van der Waals surface area contributed by atoms with Gasteiger partial charge in [0, 0.05) is 19.9 Å². The average molecular weight is 185 g/mol. The van der Waals surface area contributed by atoms with Gasteiger partial charge in [0.1, 0.15) is 6.61 Å². The van der Waals surface area contributed by atoms with Gasteiger partial charge in [-0.25, -0.2) is 4.79 Å². The predicted octanol–water partition coefficient (Wildman–Crippen LogP) is 1.38. The Kier molecular flexibility index (Phi) is 4.32. The first-order valence-corrected chi connectivity index (χ1v) is 4.43. The lowest BCUT2D eigenvalue weighted by atomic mass is 10.2. The standard InChI is InChI=1S/C9H15NO3/c1-12-7-8-13-9(11)10-5-3-2-4-6-10/h3,5H,2,4,6-8H2,1H3. The number of hydrogen-bond donors (Lipinski definition) is 0. The Morgan fingerprint density at radius 3 is 3.00 bits per heavy atom. The molecule has 0 aromatic heterocycles. The molecule has 4 heteroatoms. The van der Waals surface area contributed by atoms with Gasteiger partial charge in [0.2, 0.25) is 0 Å². The number of amides is 1. The third-order valence-electron chi connectivity index (χ3n) is 1.80. The van der Waals surface area contributed by atoms with E-state index < -0.39 is 0 Å². The third kappa shape index (κ3) is 3.46. The maximum absolute atomic E-state index is 11.3. The van der Waals surface area contributed by atoms with E-state index >= 15 is 0 Å². The van der Waals surface area contributed by atoms with Crippen LogP contribution in [-0.4, -0.2) is 37.9 Å². The first-order chi connectivity index (χ1) is 6.34. The Hall–Kier alpha value is -1.03. The minimum absolute atomic E-state index is 0.284. The van der Waals surface area contributed by atoms with Crippen molar-refractivity contribution in [2.75, 3.05) is 26.9 Å². The van der Waals surface area contributed by atoms with Crippen LogP contribution in [-0.2, 0) is 9.47 Å². The second-order valence-electron chi connectivity index (χ2n) is 2.83. The summed E-state index contributed by atoms with van der Waals surface area (Å²) in [7, 11) is 1.58. The van der Waals surface area contributed by atoms with Gasteiger partial charge >= 0.3 is 6.09 Å². The molecule has 0 aromatic carbocycles. The number of carbonyl (C=O) groups is 1. The van der Waals surface area contributed by atoms with Crippen LogP contribution in [0.25, 0.3) is 0 Å². The summed E-state index contributed by atoms with van der Waals surface area (Å²) >= 11 is 0. The van der Waals surface area contributed by atoms with Crippen LogP contribution in [0.4, 0.5) is 4.79 Å². The lowest BCUT2D eigenvalue weighted by Gasteiger charge is -2.20. The van der Waals surface area contributed by atoms with Crippen molar-refractivity contribution < 1.29 is 14.3 Å². The van der Waals surface area contributed by atoms with E-state index in [0.29, 0.717) is 13.2 Å². The highest BCUT2D eigenvalue weighted by atomic mass is 16.6.